The molecule has 1 aliphatic heterocycles. The van der Waals surface area contributed by atoms with Crippen LogP contribution in [0.25, 0.3) is 0 Å². The first kappa shape index (κ1) is 13.8. The maximum Gasteiger partial charge on any atom is 0.325 e. The van der Waals surface area contributed by atoms with Crippen molar-refractivity contribution in [3.63, 3.8) is 0 Å². The Kier molecular flexibility index (Phi) is 3.97. The molecule has 7 nitrogen and oxygen atoms in total. The highest BCUT2D eigenvalue weighted by atomic mass is 32.2. The summed E-state index contributed by atoms with van der Waals surface area (Å²) in [7, 11) is -1.59. The Morgan fingerprint density at radius 1 is 1.47 bits per heavy atom. The average molecular weight is 264 g/mol. The van der Waals surface area contributed by atoms with Gasteiger partial charge in [-0.25, -0.2) is 13.2 Å². The van der Waals surface area contributed by atoms with Crippen molar-refractivity contribution < 1.29 is 23.1 Å². The Bertz CT molecular complexity index is 419. The van der Waals surface area contributed by atoms with Crippen molar-refractivity contribution in [1.29, 1.82) is 0 Å². The van der Waals surface area contributed by atoms with Crippen molar-refractivity contribution in [2.45, 2.75) is 25.4 Å². The number of urea groups is 1. The first-order valence-electron chi connectivity index (χ1n) is 5.19. The Balaban J connectivity index is 2.56. The number of amides is 2. The summed E-state index contributed by atoms with van der Waals surface area (Å²) in [4.78, 5) is 23.4. The third-order valence-corrected chi connectivity index (χ3v) is 4.54. The Hall–Kier alpha value is -1.31. The van der Waals surface area contributed by atoms with Gasteiger partial charge in [-0.05, 0) is 13.3 Å². The van der Waals surface area contributed by atoms with Crippen LogP contribution in [0.2, 0.25) is 0 Å². The molecule has 0 aromatic carbocycles. The van der Waals surface area contributed by atoms with Gasteiger partial charge in [0.15, 0.2) is 9.84 Å². The van der Waals surface area contributed by atoms with Crippen LogP contribution in [0.15, 0.2) is 0 Å². The zero-order chi connectivity index (χ0) is 13.2. The van der Waals surface area contributed by atoms with Crippen LogP contribution in [0.5, 0.6) is 0 Å². The molecule has 1 saturated heterocycles. The monoisotopic (exact) mass is 264 g/mol. The lowest BCUT2D eigenvalue weighted by Crippen LogP contribution is -2.49. The molecule has 0 saturated carbocycles. The summed E-state index contributed by atoms with van der Waals surface area (Å²) in [5.41, 5.74) is 0. The smallest absolute Gasteiger partial charge is 0.325 e. The molecule has 0 bridgehead atoms. The highest BCUT2D eigenvalue weighted by Gasteiger charge is 2.33. The fourth-order valence-corrected chi connectivity index (χ4v) is 3.37. The Morgan fingerprint density at radius 2 is 2.06 bits per heavy atom. The van der Waals surface area contributed by atoms with Crippen LogP contribution in [-0.2, 0) is 14.6 Å². The number of nitrogens with one attached hydrogen (secondary N) is 1. The maximum atomic E-state index is 11.6. The molecule has 1 aliphatic rings. The van der Waals surface area contributed by atoms with Gasteiger partial charge in [-0.2, -0.15) is 0 Å². The van der Waals surface area contributed by atoms with E-state index in [1.54, 1.807) is 0 Å². The molecule has 0 spiro atoms. The van der Waals surface area contributed by atoms with E-state index >= 15 is 0 Å². The van der Waals surface area contributed by atoms with Crippen LogP contribution in [0.1, 0.15) is 13.3 Å². The molecule has 1 unspecified atom stereocenters. The number of carbonyl (C=O) groups excluding carboxylic acids is 1. The number of sulfone groups is 1. The van der Waals surface area contributed by atoms with Gasteiger partial charge in [0, 0.05) is 13.1 Å². The van der Waals surface area contributed by atoms with Crippen LogP contribution in [0, 0.1) is 0 Å². The minimum Gasteiger partial charge on any atom is -0.480 e. The summed E-state index contributed by atoms with van der Waals surface area (Å²) in [5, 5.41) is 10.9. The molecule has 2 N–H and O–H groups in total. The van der Waals surface area contributed by atoms with Crippen molar-refractivity contribution in [2.75, 3.05) is 18.6 Å². The van der Waals surface area contributed by atoms with Crippen molar-refractivity contribution in [3.05, 3.63) is 0 Å². The predicted molar refractivity (Wildman–Crippen MR) is 60.5 cm³/mol. The van der Waals surface area contributed by atoms with Crippen LogP contribution < -0.4 is 5.32 Å². The molecule has 98 valence electrons. The van der Waals surface area contributed by atoms with Crippen LogP contribution in [0.4, 0.5) is 4.79 Å². The fourth-order valence-electron chi connectivity index (χ4n) is 1.60. The van der Waals surface area contributed by atoms with Gasteiger partial charge in [0.05, 0.1) is 11.5 Å². The van der Waals surface area contributed by atoms with Crippen LogP contribution >= 0.6 is 0 Å². The van der Waals surface area contributed by atoms with E-state index in [2.05, 4.69) is 5.32 Å². The molecule has 0 aromatic heterocycles. The summed E-state index contributed by atoms with van der Waals surface area (Å²) in [6.45, 7) is 1.35. The SMILES string of the molecule is C[C@@H](NC(=O)N(C)C1CCS(=O)(=O)C1)C(=O)O. The predicted octanol–water partition coefficient (Wildman–Crippen LogP) is -0.712. The second kappa shape index (κ2) is 4.91. The van der Waals surface area contributed by atoms with Crippen LogP contribution in [0.3, 0.4) is 0 Å². The van der Waals surface area contributed by atoms with Crippen molar-refractivity contribution in [3.8, 4) is 0 Å². The van der Waals surface area contributed by atoms with E-state index in [0.29, 0.717) is 6.42 Å². The lowest BCUT2D eigenvalue weighted by molar-refractivity contribution is -0.138. The van der Waals surface area contributed by atoms with E-state index in [0.717, 1.165) is 0 Å². The fraction of sp³-hybridized carbons (Fsp3) is 0.778. The standard InChI is InChI=1S/C9H16N2O5S/c1-6(8(12)13)10-9(14)11(2)7-3-4-17(15,16)5-7/h6-7H,3-5H2,1-2H3,(H,10,14)(H,12,13)/t6-,7?/m1/s1. The second-order valence-electron chi connectivity index (χ2n) is 4.18. The lowest BCUT2D eigenvalue weighted by Gasteiger charge is -2.24. The topological polar surface area (TPSA) is 104 Å². The summed E-state index contributed by atoms with van der Waals surface area (Å²) in [6.07, 6.45) is 0.397. The number of rotatable bonds is 3. The number of hydrogen-bond acceptors (Lipinski definition) is 4. The van der Waals surface area contributed by atoms with Gasteiger partial charge >= 0.3 is 12.0 Å². The minimum atomic E-state index is -3.06. The molecule has 0 aromatic rings. The zero-order valence-electron chi connectivity index (χ0n) is 9.71. The summed E-state index contributed by atoms with van der Waals surface area (Å²) in [6, 6.07) is -1.94. The molecule has 1 heterocycles. The van der Waals surface area contributed by atoms with Gasteiger partial charge in [0.2, 0.25) is 0 Å². The molecular formula is C9H16N2O5S. The lowest BCUT2D eigenvalue weighted by atomic mass is 10.2. The van der Waals surface area contributed by atoms with E-state index in [9.17, 15) is 18.0 Å². The Labute approximate surface area is 99.7 Å². The van der Waals surface area contributed by atoms with Gasteiger partial charge in [-0.15, -0.1) is 0 Å². The van der Waals surface area contributed by atoms with Gasteiger partial charge in [-0.3, -0.25) is 4.79 Å². The number of carbonyl (C=O) groups is 2. The number of hydrogen-bond donors (Lipinski definition) is 2. The first-order valence-corrected chi connectivity index (χ1v) is 7.01. The minimum absolute atomic E-state index is 0.0572. The van der Waals surface area contributed by atoms with Crippen LogP contribution in [-0.4, -0.2) is 61.1 Å². The van der Waals surface area contributed by atoms with Gasteiger partial charge in [0.25, 0.3) is 0 Å². The average Bonchev–Trinajstić information content (AvgIpc) is 2.57. The molecule has 0 aliphatic carbocycles. The molecule has 2 atom stereocenters. The molecule has 17 heavy (non-hydrogen) atoms. The molecule has 1 rings (SSSR count). The van der Waals surface area contributed by atoms with E-state index in [4.69, 9.17) is 5.11 Å². The zero-order valence-corrected chi connectivity index (χ0v) is 10.5. The van der Waals surface area contributed by atoms with E-state index in [1.165, 1.54) is 18.9 Å². The van der Waals surface area contributed by atoms with Crippen molar-refractivity contribution in [2.24, 2.45) is 0 Å². The van der Waals surface area contributed by atoms with Crippen molar-refractivity contribution in [1.82, 2.24) is 10.2 Å². The molecule has 1 fully saturated rings. The Morgan fingerprint density at radius 3 is 2.47 bits per heavy atom. The van der Waals surface area contributed by atoms with E-state index in [-0.39, 0.29) is 17.5 Å². The molecular weight excluding hydrogens is 248 g/mol. The molecule has 8 heteroatoms. The van der Waals surface area contributed by atoms with Gasteiger partial charge in [0.1, 0.15) is 6.04 Å². The number of aliphatic carboxylic acids is 1. The maximum absolute atomic E-state index is 11.6. The number of carboxylic acids is 1. The quantitative estimate of drug-likeness (QED) is 0.700. The molecule has 2 amide bonds. The first-order chi connectivity index (χ1) is 7.73. The summed E-state index contributed by atoms with van der Waals surface area (Å²) >= 11 is 0. The third kappa shape index (κ3) is 3.58. The highest BCUT2D eigenvalue weighted by Crippen LogP contribution is 2.16. The van der Waals surface area contributed by atoms with Gasteiger partial charge in [-0.1, -0.05) is 0 Å². The normalized spacial score (nSPS) is 24.0. The largest absolute Gasteiger partial charge is 0.480 e. The van der Waals surface area contributed by atoms with Crippen molar-refractivity contribution >= 4 is 21.8 Å². The van der Waals surface area contributed by atoms with E-state index in [1.807, 2.05) is 0 Å². The van der Waals surface area contributed by atoms with E-state index < -0.39 is 27.9 Å². The summed E-state index contributed by atoms with van der Waals surface area (Å²) in [5.74, 6) is -1.12. The number of nitrogens with zero attached hydrogens (tertiary/aromatic N) is 1. The number of carboxylic acid groups (broad SMARTS) is 1. The van der Waals surface area contributed by atoms with Gasteiger partial charge < -0.3 is 15.3 Å². The molecule has 0 radical (unpaired) electrons. The second-order valence-corrected chi connectivity index (χ2v) is 6.41. The summed E-state index contributed by atoms with van der Waals surface area (Å²) < 4.78 is 22.5. The highest BCUT2D eigenvalue weighted by molar-refractivity contribution is 7.91. The third-order valence-electron chi connectivity index (χ3n) is 2.79.